The van der Waals surface area contributed by atoms with Crippen molar-refractivity contribution in [1.82, 2.24) is 4.57 Å². The van der Waals surface area contributed by atoms with Gasteiger partial charge in [0, 0.05) is 11.3 Å². The molecule has 2 heterocycles. The molecule has 0 amide bonds. The van der Waals surface area contributed by atoms with Crippen LogP contribution in [0.1, 0.15) is 5.56 Å². The van der Waals surface area contributed by atoms with E-state index in [9.17, 15) is 15.8 Å². The normalized spacial score (nSPS) is 9.94. The molecule has 0 saturated heterocycles. The number of nitriles is 3. The number of thiophene rings is 1. The maximum Gasteiger partial charge on any atom is 0.148 e. The number of rotatable bonds is 5. The van der Waals surface area contributed by atoms with E-state index in [2.05, 4.69) is 10.6 Å². The fraction of sp³-hybridized carbons (Fsp3) is 0.0385. The summed E-state index contributed by atoms with van der Waals surface area (Å²) < 4.78 is 7.37. The smallest absolute Gasteiger partial charge is 0.148 e. The molecule has 0 N–H and O–H groups in total. The summed E-state index contributed by atoms with van der Waals surface area (Å²) >= 11 is 1.58. The van der Waals surface area contributed by atoms with Crippen LogP contribution in [0.4, 0.5) is 0 Å². The zero-order valence-corrected chi connectivity index (χ0v) is 17.9. The van der Waals surface area contributed by atoms with Gasteiger partial charge in [0.2, 0.25) is 0 Å². The molecule has 0 saturated carbocycles. The largest absolute Gasteiger partial charge is 0.497 e. The summed E-state index contributed by atoms with van der Waals surface area (Å²) in [7, 11) is 1.60. The number of para-hydroxylation sites is 1. The second-order valence-electron chi connectivity index (χ2n) is 6.75. The van der Waals surface area contributed by atoms with Crippen molar-refractivity contribution in [3.05, 3.63) is 89.3 Å². The van der Waals surface area contributed by atoms with Crippen LogP contribution in [0, 0.1) is 34.0 Å². The van der Waals surface area contributed by atoms with Gasteiger partial charge in [0.25, 0.3) is 0 Å². The first-order valence-electron chi connectivity index (χ1n) is 9.66. The standard InChI is InChI=1S/C26H16N4OS/c1-31-21-11-9-18(10-12-21)26-22(23(17-29)19(15-27)16-28)14-24(25-8-5-13-32-25)30(26)20-6-3-2-4-7-20/h2-14H,1H3. The maximum absolute atomic E-state index is 9.93. The molecule has 32 heavy (non-hydrogen) atoms. The van der Waals surface area contributed by atoms with Crippen LogP contribution in [0.2, 0.25) is 0 Å². The minimum Gasteiger partial charge on any atom is -0.497 e. The molecular weight excluding hydrogens is 416 g/mol. The number of allylic oxidation sites excluding steroid dienone is 2. The van der Waals surface area contributed by atoms with Crippen molar-refractivity contribution in [2.75, 3.05) is 7.11 Å². The third-order valence-electron chi connectivity index (χ3n) is 5.01. The molecular formula is C26H16N4OS. The van der Waals surface area contributed by atoms with Crippen LogP contribution in [0.3, 0.4) is 0 Å². The molecule has 4 aromatic rings. The molecule has 2 aromatic carbocycles. The van der Waals surface area contributed by atoms with E-state index in [0.717, 1.165) is 27.5 Å². The average molecular weight is 433 g/mol. The van der Waals surface area contributed by atoms with Gasteiger partial charge in [-0.1, -0.05) is 24.3 Å². The Morgan fingerprint density at radius 2 is 1.59 bits per heavy atom. The van der Waals surface area contributed by atoms with Crippen LogP contribution < -0.4 is 4.74 Å². The van der Waals surface area contributed by atoms with Gasteiger partial charge < -0.3 is 9.30 Å². The lowest BCUT2D eigenvalue weighted by atomic mass is 9.98. The highest BCUT2D eigenvalue weighted by Gasteiger charge is 2.24. The second kappa shape index (κ2) is 9.06. The summed E-state index contributed by atoms with van der Waals surface area (Å²) in [6, 6.07) is 29.0. The first-order chi connectivity index (χ1) is 15.7. The highest BCUT2D eigenvalue weighted by atomic mass is 32.1. The minimum absolute atomic E-state index is 0.0494. The van der Waals surface area contributed by atoms with Crippen LogP contribution in [-0.2, 0) is 0 Å². The van der Waals surface area contributed by atoms with Gasteiger partial charge in [0.1, 0.15) is 29.5 Å². The third-order valence-corrected chi connectivity index (χ3v) is 5.90. The Hall–Kier alpha value is -4.57. The van der Waals surface area contributed by atoms with Crippen LogP contribution in [0.5, 0.6) is 5.75 Å². The molecule has 152 valence electrons. The third kappa shape index (κ3) is 3.66. The summed E-state index contributed by atoms with van der Waals surface area (Å²) in [6.45, 7) is 0. The molecule has 0 radical (unpaired) electrons. The Morgan fingerprint density at radius 3 is 2.16 bits per heavy atom. The zero-order valence-electron chi connectivity index (χ0n) is 17.1. The van der Waals surface area contributed by atoms with Gasteiger partial charge in [-0.25, -0.2) is 0 Å². The van der Waals surface area contributed by atoms with Crippen molar-refractivity contribution in [1.29, 1.82) is 15.8 Å². The van der Waals surface area contributed by atoms with E-state index in [4.69, 9.17) is 4.74 Å². The molecule has 0 unspecified atom stereocenters. The molecule has 0 fully saturated rings. The summed E-state index contributed by atoms with van der Waals surface area (Å²) in [5.74, 6) is 0.706. The number of methoxy groups -OCH3 is 1. The molecule has 0 aliphatic heterocycles. The monoisotopic (exact) mass is 432 g/mol. The van der Waals surface area contributed by atoms with Crippen LogP contribution in [0.15, 0.2) is 83.7 Å². The number of benzene rings is 2. The molecule has 6 heteroatoms. The van der Waals surface area contributed by atoms with Crippen molar-refractivity contribution >= 4 is 16.9 Å². The first-order valence-corrected chi connectivity index (χ1v) is 10.5. The lowest BCUT2D eigenvalue weighted by Crippen LogP contribution is -2.00. The Labute approximate surface area is 189 Å². The minimum atomic E-state index is -0.217. The fourth-order valence-corrected chi connectivity index (χ4v) is 4.30. The number of hydrogen-bond acceptors (Lipinski definition) is 5. The quantitative estimate of drug-likeness (QED) is 0.351. The molecule has 2 aromatic heterocycles. The van der Waals surface area contributed by atoms with E-state index in [1.165, 1.54) is 0 Å². The number of hydrogen-bond donors (Lipinski definition) is 0. The van der Waals surface area contributed by atoms with Gasteiger partial charge in [0.15, 0.2) is 0 Å². The SMILES string of the molecule is COc1ccc(-c2c(C(C#N)=C(C#N)C#N)cc(-c3cccs3)n2-c2ccccc2)cc1. The van der Waals surface area contributed by atoms with Crippen molar-refractivity contribution in [3.8, 4) is 51.5 Å². The van der Waals surface area contributed by atoms with E-state index >= 15 is 0 Å². The molecule has 0 spiro atoms. The van der Waals surface area contributed by atoms with Gasteiger partial charge in [-0.2, -0.15) is 15.8 Å². The average Bonchev–Trinajstić information content (AvgIpc) is 3.51. The number of nitrogens with zero attached hydrogens (tertiary/aromatic N) is 4. The zero-order chi connectivity index (χ0) is 22.5. The Balaban J connectivity index is 2.15. The molecule has 0 atom stereocenters. The molecule has 0 aliphatic carbocycles. The van der Waals surface area contributed by atoms with Crippen molar-refractivity contribution in [3.63, 3.8) is 0 Å². The molecule has 0 bridgehead atoms. The van der Waals surface area contributed by atoms with E-state index in [1.54, 1.807) is 18.4 Å². The van der Waals surface area contributed by atoms with Crippen molar-refractivity contribution in [2.45, 2.75) is 0 Å². The van der Waals surface area contributed by atoms with Gasteiger partial charge in [0.05, 0.1) is 28.9 Å². The fourth-order valence-electron chi connectivity index (χ4n) is 3.57. The van der Waals surface area contributed by atoms with Crippen molar-refractivity contribution in [2.24, 2.45) is 0 Å². The van der Waals surface area contributed by atoms with Crippen LogP contribution in [-0.4, -0.2) is 11.7 Å². The van der Waals surface area contributed by atoms with Gasteiger partial charge in [-0.15, -0.1) is 11.3 Å². The Bertz CT molecular complexity index is 1390. The first kappa shape index (κ1) is 20.7. The molecule has 4 rings (SSSR count). The topological polar surface area (TPSA) is 85.5 Å². The van der Waals surface area contributed by atoms with Gasteiger partial charge in [-0.3, -0.25) is 0 Å². The van der Waals surface area contributed by atoms with Gasteiger partial charge in [-0.05, 0) is 59.5 Å². The summed E-state index contributed by atoms with van der Waals surface area (Å²) in [4.78, 5) is 1.00. The van der Waals surface area contributed by atoms with E-state index in [0.29, 0.717) is 11.3 Å². The maximum atomic E-state index is 9.93. The summed E-state index contributed by atoms with van der Waals surface area (Å²) in [5.41, 5.74) is 3.69. The summed E-state index contributed by atoms with van der Waals surface area (Å²) in [5, 5.41) is 30.9. The number of ether oxygens (including phenoxy) is 1. The van der Waals surface area contributed by atoms with E-state index in [1.807, 2.05) is 90.3 Å². The Morgan fingerprint density at radius 1 is 0.875 bits per heavy atom. The predicted molar refractivity (Wildman–Crippen MR) is 125 cm³/mol. The van der Waals surface area contributed by atoms with E-state index < -0.39 is 0 Å². The van der Waals surface area contributed by atoms with Crippen molar-refractivity contribution < 1.29 is 4.74 Å². The highest BCUT2D eigenvalue weighted by Crippen LogP contribution is 2.41. The van der Waals surface area contributed by atoms with Crippen LogP contribution in [0.25, 0.3) is 33.1 Å². The van der Waals surface area contributed by atoms with Crippen LogP contribution >= 0.6 is 11.3 Å². The second-order valence-corrected chi connectivity index (χ2v) is 7.70. The highest BCUT2D eigenvalue weighted by molar-refractivity contribution is 7.13. The lowest BCUT2D eigenvalue weighted by molar-refractivity contribution is 0.415. The number of aromatic nitrogens is 1. The summed E-state index contributed by atoms with van der Waals surface area (Å²) in [6.07, 6.45) is 0. The Kier molecular flexibility index (Phi) is 5.86. The molecule has 5 nitrogen and oxygen atoms in total. The van der Waals surface area contributed by atoms with E-state index in [-0.39, 0.29) is 11.1 Å². The van der Waals surface area contributed by atoms with Gasteiger partial charge >= 0.3 is 0 Å². The lowest BCUT2D eigenvalue weighted by Gasteiger charge is -2.15. The predicted octanol–water partition coefficient (Wildman–Crippen LogP) is 6.21. The molecule has 0 aliphatic rings.